The van der Waals surface area contributed by atoms with Crippen molar-refractivity contribution in [3.63, 3.8) is 0 Å². The monoisotopic (exact) mass is 652 g/mol. The Hall–Kier alpha value is -2.35. The summed E-state index contributed by atoms with van der Waals surface area (Å²) >= 11 is 0. The zero-order valence-corrected chi connectivity index (χ0v) is 31.7. The quantitative estimate of drug-likeness (QED) is 0.0572. The molecule has 0 aromatic rings. The van der Waals surface area contributed by atoms with E-state index in [4.69, 9.17) is 14.6 Å². The molecule has 0 aromatic heterocycles. The highest BCUT2D eigenvalue weighted by Gasteiger charge is 2.23. The first-order valence-corrected chi connectivity index (χ1v) is 18.3. The van der Waals surface area contributed by atoms with Gasteiger partial charge in [0.2, 0.25) is 11.8 Å². The van der Waals surface area contributed by atoms with Crippen molar-refractivity contribution in [2.45, 2.75) is 152 Å². The number of aliphatic carboxylic acids is 1. The number of hydrogen-bond donors (Lipinski definition) is 1. The van der Waals surface area contributed by atoms with Gasteiger partial charge in [-0.2, -0.15) is 0 Å². The molecule has 2 atom stereocenters. The van der Waals surface area contributed by atoms with Crippen molar-refractivity contribution in [3.05, 3.63) is 23.5 Å². The molecule has 0 fully saturated rings. The van der Waals surface area contributed by atoms with Crippen molar-refractivity contribution < 1.29 is 24.2 Å². The molecule has 1 N–H and O–H groups in total. The third kappa shape index (κ3) is 24.8. The van der Waals surface area contributed by atoms with E-state index in [1.165, 1.54) is 5.57 Å². The second-order valence-corrected chi connectivity index (χ2v) is 12.8. The van der Waals surface area contributed by atoms with Gasteiger partial charge in [-0.05, 0) is 89.2 Å². The Balaban J connectivity index is 0. The van der Waals surface area contributed by atoms with Gasteiger partial charge in [-0.3, -0.25) is 19.3 Å². The predicted octanol–water partition coefficient (Wildman–Crippen LogP) is 8.71. The molecule has 0 saturated carbocycles. The van der Waals surface area contributed by atoms with Crippen molar-refractivity contribution in [2.24, 2.45) is 5.92 Å². The Labute approximate surface area is 284 Å². The summed E-state index contributed by atoms with van der Waals surface area (Å²) in [7, 11) is 0. The number of carbonyl (C=O) groups is 3. The molecular formula is C38H73N3O5. The van der Waals surface area contributed by atoms with Crippen molar-refractivity contribution in [3.8, 4) is 0 Å². The zero-order valence-electron chi connectivity index (χ0n) is 31.7. The topological polar surface area (TPSA) is 90.4 Å². The number of rotatable bonds is 26. The second kappa shape index (κ2) is 30.0. The van der Waals surface area contributed by atoms with Gasteiger partial charge in [-0.1, -0.05) is 66.9 Å². The number of amides is 2. The molecule has 0 aromatic carbocycles. The number of carboxylic acids is 1. The van der Waals surface area contributed by atoms with Crippen LogP contribution < -0.4 is 0 Å². The van der Waals surface area contributed by atoms with E-state index in [-0.39, 0.29) is 17.9 Å². The standard InChI is InChI=1S/C36H69N3O3.C2H4O2/c1-10-15-25-38(26-16-11-2)36(41)30-39(33(8)22-19-27-37(24-14-5)34(9)40)29-31(6)21-18-23-35(32(7)20-13-4)42-28-17-12-3;1-2(3)4/h20,23,31,33H,10-19,21-22,24-30H2,1-9H3;1H3,(H,3,4)/b32-20-,35-23+;. The first kappa shape index (κ1) is 45.8. The van der Waals surface area contributed by atoms with E-state index in [0.717, 1.165) is 129 Å². The number of unbranched alkanes of at least 4 members (excludes halogenated alkanes) is 3. The fourth-order valence-electron chi connectivity index (χ4n) is 5.25. The molecule has 2 unspecified atom stereocenters. The average Bonchev–Trinajstić information content (AvgIpc) is 2.99. The summed E-state index contributed by atoms with van der Waals surface area (Å²) in [5.41, 5.74) is 1.23. The number of carbonyl (C=O) groups excluding carboxylic acids is 2. The minimum absolute atomic E-state index is 0.155. The lowest BCUT2D eigenvalue weighted by molar-refractivity contribution is -0.135. The lowest BCUT2D eigenvalue weighted by Gasteiger charge is -2.34. The highest BCUT2D eigenvalue weighted by Crippen LogP contribution is 2.19. The van der Waals surface area contributed by atoms with Crippen LogP contribution in [0.15, 0.2) is 23.5 Å². The van der Waals surface area contributed by atoms with E-state index in [0.29, 0.717) is 12.5 Å². The van der Waals surface area contributed by atoms with Crippen LogP contribution in [-0.4, -0.2) is 89.5 Å². The van der Waals surface area contributed by atoms with Crippen molar-refractivity contribution in [1.82, 2.24) is 14.7 Å². The van der Waals surface area contributed by atoms with Gasteiger partial charge < -0.3 is 19.6 Å². The molecule has 0 bridgehead atoms. The van der Waals surface area contributed by atoms with E-state index in [9.17, 15) is 9.59 Å². The second-order valence-electron chi connectivity index (χ2n) is 12.8. The predicted molar refractivity (Wildman–Crippen MR) is 194 cm³/mol. The molecular weight excluding hydrogens is 578 g/mol. The Morgan fingerprint density at radius 3 is 1.80 bits per heavy atom. The number of allylic oxidation sites excluding steroid dienone is 3. The summed E-state index contributed by atoms with van der Waals surface area (Å²) < 4.78 is 6.14. The van der Waals surface area contributed by atoms with Crippen molar-refractivity contribution >= 4 is 17.8 Å². The van der Waals surface area contributed by atoms with Crippen LogP contribution in [0, 0.1) is 5.92 Å². The lowest BCUT2D eigenvalue weighted by Crippen LogP contribution is -2.46. The van der Waals surface area contributed by atoms with E-state index >= 15 is 0 Å². The molecule has 8 nitrogen and oxygen atoms in total. The van der Waals surface area contributed by atoms with Crippen LogP contribution in [0.25, 0.3) is 0 Å². The fraction of sp³-hybridized carbons (Fsp3) is 0.816. The van der Waals surface area contributed by atoms with Crippen molar-refractivity contribution in [2.75, 3.05) is 45.9 Å². The van der Waals surface area contributed by atoms with Gasteiger partial charge in [0.1, 0.15) is 5.76 Å². The van der Waals surface area contributed by atoms with E-state index in [1.807, 2.05) is 4.90 Å². The molecule has 0 spiro atoms. The molecule has 0 saturated heterocycles. The number of ether oxygens (including phenoxy) is 1. The third-order valence-corrected chi connectivity index (χ3v) is 8.06. The van der Waals surface area contributed by atoms with Gasteiger partial charge in [0, 0.05) is 52.6 Å². The van der Waals surface area contributed by atoms with E-state index < -0.39 is 5.97 Å². The summed E-state index contributed by atoms with van der Waals surface area (Å²) in [6, 6.07) is 0.282. The van der Waals surface area contributed by atoms with Crippen LogP contribution in [0.1, 0.15) is 146 Å². The summed E-state index contributed by atoms with van der Waals surface area (Å²) in [5.74, 6) is 1.07. The summed E-state index contributed by atoms with van der Waals surface area (Å²) in [6.45, 7) is 25.8. The number of hydrogen-bond acceptors (Lipinski definition) is 5. The van der Waals surface area contributed by atoms with Crippen LogP contribution in [0.5, 0.6) is 0 Å². The van der Waals surface area contributed by atoms with E-state index in [2.05, 4.69) is 77.3 Å². The van der Waals surface area contributed by atoms with Gasteiger partial charge in [-0.25, -0.2) is 0 Å². The fourth-order valence-corrected chi connectivity index (χ4v) is 5.25. The smallest absolute Gasteiger partial charge is 0.300 e. The first-order chi connectivity index (χ1) is 21.9. The maximum atomic E-state index is 13.6. The number of nitrogens with zero attached hydrogens (tertiary/aromatic N) is 3. The first-order valence-electron chi connectivity index (χ1n) is 18.3. The van der Waals surface area contributed by atoms with E-state index in [1.54, 1.807) is 6.92 Å². The third-order valence-electron chi connectivity index (χ3n) is 8.06. The Bertz CT molecular complexity index is 845. The lowest BCUT2D eigenvalue weighted by atomic mass is 10.0. The maximum Gasteiger partial charge on any atom is 0.300 e. The maximum absolute atomic E-state index is 13.6. The van der Waals surface area contributed by atoms with Crippen LogP contribution in [0.4, 0.5) is 0 Å². The molecule has 0 radical (unpaired) electrons. The molecule has 0 aliphatic rings. The molecule has 0 aliphatic carbocycles. The van der Waals surface area contributed by atoms with Crippen LogP contribution in [0.2, 0.25) is 0 Å². The molecule has 2 amide bonds. The zero-order chi connectivity index (χ0) is 35.3. The normalized spacial score (nSPS) is 13.1. The Kier molecular flexibility index (Phi) is 29.9. The largest absolute Gasteiger partial charge is 0.494 e. The van der Waals surface area contributed by atoms with Gasteiger partial charge in [-0.15, -0.1) is 0 Å². The average molecular weight is 652 g/mol. The van der Waals surface area contributed by atoms with Gasteiger partial charge >= 0.3 is 0 Å². The van der Waals surface area contributed by atoms with Gasteiger partial charge in [0.05, 0.1) is 13.2 Å². The number of carboxylic acid groups (broad SMARTS) is 1. The summed E-state index contributed by atoms with van der Waals surface area (Å²) in [4.78, 5) is 41.1. The highest BCUT2D eigenvalue weighted by atomic mass is 16.5. The SMILES string of the molecule is CC(=O)O.CC/C=C(C)\C(=C/CCC(C)CN(CC(=O)N(CCCC)CCCC)C(C)CCCN(CCC)C(C)=O)OCCCC. The van der Waals surface area contributed by atoms with Crippen LogP contribution in [0.3, 0.4) is 0 Å². The summed E-state index contributed by atoms with van der Waals surface area (Å²) in [5, 5.41) is 7.42. The summed E-state index contributed by atoms with van der Waals surface area (Å²) in [6.07, 6.45) is 17.0. The van der Waals surface area contributed by atoms with Gasteiger partial charge in [0.25, 0.3) is 5.97 Å². The van der Waals surface area contributed by atoms with Crippen LogP contribution in [-0.2, 0) is 19.1 Å². The minimum Gasteiger partial charge on any atom is -0.494 e. The van der Waals surface area contributed by atoms with Gasteiger partial charge in [0.15, 0.2) is 0 Å². The molecule has 0 rings (SSSR count). The van der Waals surface area contributed by atoms with Crippen LogP contribution >= 0.6 is 0 Å². The molecule has 46 heavy (non-hydrogen) atoms. The molecule has 0 heterocycles. The molecule has 0 aliphatic heterocycles. The minimum atomic E-state index is -0.833. The van der Waals surface area contributed by atoms with Crippen molar-refractivity contribution in [1.29, 1.82) is 0 Å². The molecule has 8 heteroatoms. The highest BCUT2D eigenvalue weighted by molar-refractivity contribution is 5.78. The molecule has 270 valence electrons. The Morgan fingerprint density at radius 2 is 1.30 bits per heavy atom. The Morgan fingerprint density at radius 1 is 0.739 bits per heavy atom.